The maximum atomic E-state index is 12.7. The van der Waals surface area contributed by atoms with Gasteiger partial charge in [-0.1, -0.05) is 12.1 Å². The molecule has 4 rings (SSSR count). The number of halogens is 3. The predicted octanol–water partition coefficient (Wildman–Crippen LogP) is 3.38. The van der Waals surface area contributed by atoms with Crippen LogP contribution in [0, 0.1) is 5.92 Å². The number of carbonyl (C=O) groups excluding carboxylic acids is 2. The number of carbonyl (C=O) groups is 2. The van der Waals surface area contributed by atoms with Gasteiger partial charge in [-0.2, -0.15) is 13.2 Å². The Balaban J connectivity index is 1.34. The fourth-order valence-electron chi connectivity index (χ4n) is 3.62. The molecule has 2 amide bonds. The van der Waals surface area contributed by atoms with Gasteiger partial charge in [0.1, 0.15) is 0 Å². The van der Waals surface area contributed by atoms with Crippen molar-refractivity contribution < 1.29 is 22.8 Å². The number of rotatable bonds is 4. The molecule has 1 aliphatic heterocycles. The Labute approximate surface area is 165 Å². The molecule has 1 heterocycles. The largest absolute Gasteiger partial charge is 0.416 e. The molecule has 2 aromatic rings. The van der Waals surface area contributed by atoms with Crippen molar-refractivity contribution in [1.29, 1.82) is 0 Å². The van der Waals surface area contributed by atoms with Crippen molar-refractivity contribution >= 4 is 23.2 Å². The number of hydrogen-bond acceptors (Lipinski definition) is 3. The van der Waals surface area contributed by atoms with Gasteiger partial charge < -0.3 is 15.5 Å². The van der Waals surface area contributed by atoms with Crippen LogP contribution in [0.15, 0.2) is 48.5 Å². The summed E-state index contributed by atoms with van der Waals surface area (Å²) in [5, 5.41) is 5.63. The molecule has 2 aromatic carbocycles. The van der Waals surface area contributed by atoms with Gasteiger partial charge in [-0.05, 0) is 54.3 Å². The Morgan fingerprint density at radius 1 is 1.07 bits per heavy atom. The average Bonchev–Trinajstić information content (AvgIpc) is 3.49. The number of anilines is 2. The van der Waals surface area contributed by atoms with Crippen LogP contribution < -0.4 is 15.5 Å². The summed E-state index contributed by atoms with van der Waals surface area (Å²) in [5.74, 6) is -0.447. The van der Waals surface area contributed by atoms with Crippen molar-refractivity contribution in [3.05, 3.63) is 59.7 Å². The number of hydrogen-bond donors (Lipinski definition) is 2. The van der Waals surface area contributed by atoms with Gasteiger partial charge in [-0.25, -0.2) is 0 Å². The van der Waals surface area contributed by atoms with E-state index in [1.807, 2.05) is 17.0 Å². The van der Waals surface area contributed by atoms with Crippen LogP contribution in [-0.2, 0) is 15.8 Å². The summed E-state index contributed by atoms with van der Waals surface area (Å²) in [7, 11) is 0. The lowest BCUT2D eigenvalue weighted by Gasteiger charge is -2.28. The molecular formula is C21H20F3N3O2. The standard InChI is InChI=1S/C21H20F3N3O2/c22-21(23,24)14-3-1-13(2-4-14)17-11-18(17)20(29)26-15-5-7-16(8-6-15)27-10-9-25-19(28)12-27/h1-8,17-18H,9-12H2,(H,25,28)(H,26,29). The minimum Gasteiger partial charge on any atom is -0.360 e. The molecule has 1 aliphatic carbocycles. The zero-order valence-corrected chi connectivity index (χ0v) is 15.5. The first-order valence-corrected chi connectivity index (χ1v) is 9.41. The molecule has 2 aliphatic rings. The third-order valence-corrected chi connectivity index (χ3v) is 5.33. The van der Waals surface area contributed by atoms with Crippen LogP contribution in [0.1, 0.15) is 23.5 Å². The molecule has 2 atom stereocenters. The van der Waals surface area contributed by atoms with Crippen LogP contribution in [0.25, 0.3) is 0 Å². The van der Waals surface area contributed by atoms with Crippen LogP contribution in [0.4, 0.5) is 24.5 Å². The van der Waals surface area contributed by atoms with Crippen LogP contribution in [-0.4, -0.2) is 31.4 Å². The van der Waals surface area contributed by atoms with Gasteiger partial charge >= 0.3 is 6.18 Å². The lowest BCUT2D eigenvalue weighted by molar-refractivity contribution is -0.137. The summed E-state index contributed by atoms with van der Waals surface area (Å²) in [6.45, 7) is 1.64. The second kappa shape index (κ2) is 7.42. The van der Waals surface area contributed by atoms with E-state index in [0.29, 0.717) is 25.2 Å². The Morgan fingerprint density at radius 2 is 1.76 bits per heavy atom. The minimum absolute atomic E-state index is 0.0170. The van der Waals surface area contributed by atoms with Crippen molar-refractivity contribution in [1.82, 2.24) is 5.32 Å². The van der Waals surface area contributed by atoms with E-state index in [0.717, 1.165) is 29.9 Å². The van der Waals surface area contributed by atoms with Gasteiger partial charge in [0.05, 0.1) is 12.1 Å². The highest BCUT2D eigenvalue weighted by atomic mass is 19.4. The van der Waals surface area contributed by atoms with Gasteiger partial charge in [0.25, 0.3) is 0 Å². The molecule has 0 bridgehead atoms. The van der Waals surface area contributed by atoms with Crippen molar-refractivity contribution in [2.45, 2.75) is 18.5 Å². The number of piperazine rings is 1. The molecule has 8 heteroatoms. The molecule has 0 radical (unpaired) electrons. The van der Waals surface area contributed by atoms with E-state index in [4.69, 9.17) is 0 Å². The Morgan fingerprint density at radius 3 is 2.38 bits per heavy atom. The summed E-state index contributed by atoms with van der Waals surface area (Å²) in [5.41, 5.74) is 1.62. The maximum Gasteiger partial charge on any atom is 0.416 e. The first kappa shape index (κ1) is 19.3. The predicted molar refractivity (Wildman–Crippen MR) is 103 cm³/mol. The highest BCUT2D eigenvalue weighted by molar-refractivity contribution is 5.95. The van der Waals surface area contributed by atoms with Crippen molar-refractivity contribution in [2.24, 2.45) is 5.92 Å². The topological polar surface area (TPSA) is 61.4 Å². The Kier molecular flexibility index (Phi) is 4.94. The quantitative estimate of drug-likeness (QED) is 0.823. The Bertz CT molecular complexity index is 910. The third-order valence-electron chi connectivity index (χ3n) is 5.33. The smallest absolute Gasteiger partial charge is 0.360 e. The maximum absolute atomic E-state index is 12.7. The highest BCUT2D eigenvalue weighted by Crippen LogP contribution is 2.48. The van der Waals surface area contributed by atoms with Crippen molar-refractivity contribution in [2.75, 3.05) is 29.9 Å². The lowest BCUT2D eigenvalue weighted by Crippen LogP contribution is -2.47. The zero-order valence-electron chi connectivity index (χ0n) is 15.5. The van der Waals surface area contributed by atoms with Crippen molar-refractivity contribution in [3.63, 3.8) is 0 Å². The molecule has 29 heavy (non-hydrogen) atoms. The van der Waals surface area contributed by atoms with E-state index in [9.17, 15) is 22.8 Å². The number of benzene rings is 2. The van der Waals surface area contributed by atoms with Crippen LogP contribution in [0.2, 0.25) is 0 Å². The van der Waals surface area contributed by atoms with E-state index in [1.165, 1.54) is 12.1 Å². The summed E-state index contributed by atoms with van der Waals surface area (Å²) >= 11 is 0. The number of nitrogens with one attached hydrogen (secondary N) is 2. The van der Waals surface area contributed by atoms with Crippen LogP contribution >= 0.6 is 0 Å². The zero-order chi connectivity index (χ0) is 20.6. The average molecular weight is 403 g/mol. The molecule has 2 N–H and O–H groups in total. The summed E-state index contributed by atoms with van der Waals surface area (Å²) < 4.78 is 38.0. The fraction of sp³-hybridized carbons (Fsp3) is 0.333. The molecule has 5 nitrogen and oxygen atoms in total. The normalized spacial score (nSPS) is 21.5. The highest BCUT2D eigenvalue weighted by Gasteiger charge is 2.44. The monoisotopic (exact) mass is 403 g/mol. The van der Waals surface area contributed by atoms with Crippen LogP contribution in [0.5, 0.6) is 0 Å². The van der Waals surface area contributed by atoms with E-state index in [1.54, 1.807) is 12.1 Å². The van der Waals surface area contributed by atoms with E-state index in [-0.39, 0.29) is 23.7 Å². The fourth-order valence-corrected chi connectivity index (χ4v) is 3.62. The third kappa shape index (κ3) is 4.36. The van der Waals surface area contributed by atoms with Gasteiger partial charge in [0, 0.05) is 30.4 Å². The molecule has 0 aromatic heterocycles. The van der Waals surface area contributed by atoms with Crippen molar-refractivity contribution in [3.8, 4) is 0 Å². The lowest BCUT2D eigenvalue weighted by atomic mass is 10.1. The molecule has 1 saturated heterocycles. The molecule has 2 fully saturated rings. The van der Waals surface area contributed by atoms with Gasteiger partial charge in [-0.15, -0.1) is 0 Å². The van der Waals surface area contributed by atoms with E-state index >= 15 is 0 Å². The van der Waals surface area contributed by atoms with Gasteiger partial charge in [-0.3, -0.25) is 9.59 Å². The minimum atomic E-state index is -4.36. The second-order valence-corrected chi connectivity index (χ2v) is 7.38. The second-order valence-electron chi connectivity index (χ2n) is 7.38. The van der Waals surface area contributed by atoms with Gasteiger partial charge in [0.15, 0.2) is 0 Å². The van der Waals surface area contributed by atoms with E-state index in [2.05, 4.69) is 10.6 Å². The molecule has 1 saturated carbocycles. The molecule has 152 valence electrons. The van der Waals surface area contributed by atoms with Crippen LogP contribution in [0.3, 0.4) is 0 Å². The molecular weight excluding hydrogens is 383 g/mol. The molecule has 0 spiro atoms. The van der Waals surface area contributed by atoms with E-state index < -0.39 is 11.7 Å². The number of nitrogens with zero attached hydrogens (tertiary/aromatic N) is 1. The first-order chi connectivity index (χ1) is 13.8. The number of alkyl halides is 3. The Hall–Kier alpha value is -3.03. The van der Waals surface area contributed by atoms with Gasteiger partial charge in [0.2, 0.25) is 11.8 Å². The number of amides is 2. The summed E-state index contributed by atoms with van der Waals surface area (Å²) in [4.78, 5) is 25.9. The summed E-state index contributed by atoms with van der Waals surface area (Å²) in [6, 6.07) is 12.3. The molecule has 2 unspecified atom stereocenters. The SMILES string of the molecule is O=C1CN(c2ccc(NC(=O)C3CC3c3ccc(C(F)(F)F)cc3)cc2)CCN1. The first-order valence-electron chi connectivity index (χ1n) is 9.41. The summed E-state index contributed by atoms with van der Waals surface area (Å²) in [6.07, 6.45) is -3.73.